The average molecular weight is 242 g/mol. The summed E-state index contributed by atoms with van der Waals surface area (Å²) in [6.07, 6.45) is 0.548. The summed E-state index contributed by atoms with van der Waals surface area (Å²) in [7, 11) is 3.48. The van der Waals surface area contributed by atoms with Gasteiger partial charge in [0.2, 0.25) is 11.8 Å². The molecule has 0 radical (unpaired) electrons. The van der Waals surface area contributed by atoms with Gasteiger partial charge in [-0.25, -0.2) is 0 Å². The Morgan fingerprint density at radius 1 is 1.12 bits per heavy atom. The Kier molecular flexibility index (Phi) is 5.93. The fourth-order valence-electron chi connectivity index (χ4n) is 1.83. The Morgan fingerprint density at radius 3 is 2.29 bits per heavy atom. The topological polar surface area (TPSA) is 64.7 Å². The Hall–Kier alpha value is -1.14. The van der Waals surface area contributed by atoms with Crippen LogP contribution >= 0.6 is 0 Å². The third-order valence-corrected chi connectivity index (χ3v) is 2.96. The molecule has 1 aliphatic heterocycles. The number of rotatable bonds is 5. The monoisotopic (exact) mass is 242 g/mol. The van der Waals surface area contributed by atoms with Gasteiger partial charge in [0.05, 0.1) is 6.54 Å². The zero-order chi connectivity index (χ0) is 12.7. The molecule has 0 spiro atoms. The molecule has 1 rings (SSSR count). The van der Waals surface area contributed by atoms with Crippen LogP contribution in [0.3, 0.4) is 0 Å². The van der Waals surface area contributed by atoms with E-state index in [9.17, 15) is 9.59 Å². The van der Waals surface area contributed by atoms with E-state index < -0.39 is 0 Å². The lowest BCUT2D eigenvalue weighted by Gasteiger charge is -2.34. The minimum Gasteiger partial charge on any atom is -0.358 e. The highest BCUT2D eigenvalue weighted by molar-refractivity contribution is 5.78. The van der Waals surface area contributed by atoms with Crippen molar-refractivity contribution in [1.82, 2.24) is 20.4 Å². The molecule has 2 N–H and O–H groups in total. The number of piperazine rings is 1. The maximum Gasteiger partial charge on any atom is 0.233 e. The van der Waals surface area contributed by atoms with Gasteiger partial charge in [-0.05, 0) is 7.05 Å². The molecule has 0 aromatic rings. The molecule has 2 amide bonds. The van der Waals surface area contributed by atoms with Gasteiger partial charge in [-0.15, -0.1) is 0 Å². The average Bonchev–Trinajstić information content (AvgIpc) is 2.36. The van der Waals surface area contributed by atoms with Crippen LogP contribution in [0.5, 0.6) is 0 Å². The summed E-state index contributed by atoms with van der Waals surface area (Å²) in [6, 6.07) is 0. The largest absolute Gasteiger partial charge is 0.358 e. The lowest BCUT2D eigenvalue weighted by atomic mass is 10.2. The van der Waals surface area contributed by atoms with Crippen molar-refractivity contribution in [2.45, 2.75) is 6.42 Å². The van der Waals surface area contributed by atoms with Gasteiger partial charge in [0.25, 0.3) is 0 Å². The van der Waals surface area contributed by atoms with Crippen molar-refractivity contribution in [3.63, 3.8) is 0 Å². The smallest absolute Gasteiger partial charge is 0.233 e. The zero-order valence-electron chi connectivity index (χ0n) is 10.7. The Balaban J connectivity index is 2.25. The van der Waals surface area contributed by atoms with Crippen molar-refractivity contribution in [2.75, 3.05) is 53.4 Å². The first kappa shape index (κ1) is 13.9. The first-order valence-electron chi connectivity index (χ1n) is 6.02. The summed E-state index contributed by atoms with van der Waals surface area (Å²) in [6.45, 7) is 4.14. The van der Waals surface area contributed by atoms with Crippen molar-refractivity contribution in [1.29, 1.82) is 0 Å². The van der Waals surface area contributed by atoms with E-state index in [1.165, 1.54) is 0 Å². The van der Waals surface area contributed by atoms with Crippen LogP contribution in [-0.4, -0.2) is 75.0 Å². The second-order valence-electron chi connectivity index (χ2n) is 4.18. The van der Waals surface area contributed by atoms with Crippen LogP contribution in [0.1, 0.15) is 6.42 Å². The molecule has 1 fully saturated rings. The molecule has 1 heterocycles. The van der Waals surface area contributed by atoms with Crippen molar-refractivity contribution in [2.24, 2.45) is 0 Å². The highest BCUT2D eigenvalue weighted by atomic mass is 16.2. The minimum atomic E-state index is 0.0277. The van der Waals surface area contributed by atoms with Gasteiger partial charge in [0, 0.05) is 46.2 Å². The molecule has 98 valence electrons. The number of carbonyl (C=O) groups is 2. The van der Waals surface area contributed by atoms with E-state index in [2.05, 4.69) is 15.5 Å². The number of hydrogen-bond donors (Lipinski definition) is 2. The fourth-order valence-corrected chi connectivity index (χ4v) is 1.83. The summed E-state index contributed by atoms with van der Waals surface area (Å²) in [5, 5.41) is 5.57. The van der Waals surface area contributed by atoms with Gasteiger partial charge in [-0.3, -0.25) is 14.5 Å². The standard InChI is InChI=1S/C11H22N4O2/c1-12-4-3-11(17)15-7-5-14(6-8-15)9-10(16)13-2/h12H,3-9H2,1-2H3,(H,13,16). The van der Waals surface area contributed by atoms with E-state index in [0.717, 1.165) is 32.7 Å². The molecule has 0 aromatic carbocycles. The lowest BCUT2D eigenvalue weighted by Crippen LogP contribution is -2.51. The predicted molar refractivity (Wildman–Crippen MR) is 65.6 cm³/mol. The van der Waals surface area contributed by atoms with Crippen molar-refractivity contribution >= 4 is 11.8 Å². The van der Waals surface area contributed by atoms with Gasteiger partial charge in [-0.2, -0.15) is 0 Å². The molecular weight excluding hydrogens is 220 g/mol. The molecule has 17 heavy (non-hydrogen) atoms. The minimum absolute atomic E-state index is 0.0277. The molecule has 6 heteroatoms. The molecular formula is C11H22N4O2. The molecule has 6 nitrogen and oxygen atoms in total. The molecule has 1 saturated heterocycles. The number of nitrogens with zero attached hydrogens (tertiary/aromatic N) is 2. The highest BCUT2D eigenvalue weighted by Crippen LogP contribution is 2.03. The summed E-state index contributed by atoms with van der Waals surface area (Å²) >= 11 is 0. The van der Waals surface area contributed by atoms with Crippen LogP contribution in [0.25, 0.3) is 0 Å². The molecule has 0 unspecified atom stereocenters. The summed E-state index contributed by atoms with van der Waals surface area (Å²) < 4.78 is 0. The summed E-state index contributed by atoms with van der Waals surface area (Å²) in [5.41, 5.74) is 0. The van der Waals surface area contributed by atoms with Gasteiger partial charge in [0.1, 0.15) is 0 Å². The normalized spacial score (nSPS) is 16.9. The van der Waals surface area contributed by atoms with Crippen molar-refractivity contribution in [3.05, 3.63) is 0 Å². The van der Waals surface area contributed by atoms with E-state index in [-0.39, 0.29) is 11.8 Å². The van der Waals surface area contributed by atoms with Gasteiger partial charge in [-0.1, -0.05) is 0 Å². The maximum absolute atomic E-state index is 11.7. The number of likely N-dealkylation sites (N-methyl/N-ethyl adjacent to an activating group) is 1. The van der Waals surface area contributed by atoms with Crippen molar-refractivity contribution in [3.8, 4) is 0 Å². The predicted octanol–water partition coefficient (Wildman–Crippen LogP) is -1.51. The molecule has 0 bridgehead atoms. The molecule has 0 aliphatic carbocycles. The van der Waals surface area contributed by atoms with Crippen LogP contribution in [0, 0.1) is 0 Å². The molecule has 0 saturated carbocycles. The van der Waals surface area contributed by atoms with Crippen LogP contribution < -0.4 is 10.6 Å². The summed E-state index contributed by atoms with van der Waals surface area (Å²) in [4.78, 5) is 26.9. The van der Waals surface area contributed by atoms with E-state index in [1.807, 2.05) is 11.9 Å². The number of nitrogens with one attached hydrogen (secondary N) is 2. The summed E-state index contributed by atoms with van der Waals surface area (Å²) in [5.74, 6) is 0.221. The molecule has 0 aromatic heterocycles. The zero-order valence-corrected chi connectivity index (χ0v) is 10.7. The first-order chi connectivity index (χ1) is 8.17. The van der Waals surface area contributed by atoms with Crippen LogP contribution in [0.15, 0.2) is 0 Å². The molecule has 0 atom stereocenters. The van der Waals surface area contributed by atoms with E-state index in [1.54, 1.807) is 7.05 Å². The van der Waals surface area contributed by atoms with Crippen LogP contribution in [0.4, 0.5) is 0 Å². The number of hydrogen-bond acceptors (Lipinski definition) is 4. The Bertz CT molecular complexity index is 262. The van der Waals surface area contributed by atoms with Gasteiger partial charge in [0.15, 0.2) is 0 Å². The quantitative estimate of drug-likeness (QED) is 0.615. The van der Waals surface area contributed by atoms with Crippen molar-refractivity contribution < 1.29 is 9.59 Å². The van der Waals surface area contributed by atoms with Crippen LogP contribution in [0.2, 0.25) is 0 Å². The van der Waals surface area contributed by atoms with Crippen LogP contribution in [-0.2, 0) is 9.59 Å². The maximum atomic E-state index is 11.7. The first-order valence-corrected chi connectivity index (χ1v) is 6.02. The van der Waals surface area contributed by atoms with E-state index in [4.69, 9.17) is 0 Å². The van der Waals surface area contributed by atoms with Gasteiger partial charge < -0.3 is 15.5 Å². The van der Waals surface area contributed by atoms with Gasteiger partial charge >= 0.3 is 0 Å². The number of amides is 2. The van der Waals surface area contributed by atoms with E-state index in [0.29, 0.717) is 13.0 Å². The third-order valence-electron chi connectivity index (χ3n) is 2.96. The highest BCUT2D eigenvalue weighted by Gasteiger charge is 2.21. The second kappa shape index (κ2) is 7.24. The lowest BCUT2D eigenvalue weighted by molar-refractivity contribution is -0.133. The SMILES string of the molecule is CNCCC(=O)N1CCN(CC(=O)NC)CC1. The fraction of sp³-hybridized carbons (Fsp3) is 0.818. The second-order valence-corrected chi connectivity index (χ2v) is 4.18. The van der Waals surface area contributed by atoms with E-state index >= 15 is 0 Å². The Morgan fingerprint density at radius 2 is 1.76 bits per heavy atom. The third kappa shape index (κ3) is 4.70. The molecule has 1 aliphatic rings. The number of carbonyl (C=O) groups excluding carboxylic acids is 2. The Labute approximate surface area is 102 Å².